The third-order valence-electron chi connectivity index (χ3n) is 2.30. The first-order valence-electron chi connectivity index (χ1n) is 5.44. The minimum Gasteiger partial charge on any atom is -0.497 e. The summed E-state index contributed by atoms with van der Waals surface area (Å²) < 4.78 is 15.2. The zero-order chi connectivity index (χ0) is 13.4. The van der Waals surface area contributed by atoms with Gasteiger partial charge in [-0.25, -0.2) is 0 Å². The van der Waals surface area contributed by atoms with Gasteiger partial charge in [0.2, 0.25) is 0 Å². The minimum atomic E-state index is -0.319. The molecular formula is C12H18N2O3S. The first-order valence-corrected chi connectivity index (χ1v) is 5.85. The monoisotopic (exact) mass is 270 g/mol. The Balaban J connectivity index is 2.39. The molecule has 5 nitrogen and oxygen atoms in total. The van der Waals surface area contributed by atoms with Crippen LogP contribution in [0.1, 0.15) is 0 Å². The van der Waals surface area contributed by atoms with E-state index in [1.165, 1.54) is 0 Å². The van der Waals surface area contributed by atoms with Crippen LogP contribution in [0.4, 0.5) is 5.69 Å². The molecule has 0 bridgehead atoms. The molecule has 1 rings (SSSR count). The number of methoxy groups -OCH3 is 3. The van der Waals surface area contributed by atoms with E-state index < -0.39 is 0 Å². The molecule has 0 unspecified atom stereocenters. The average Bonchev–Trinajstić information content (AvgIpc) is 2.41. The van der Waals surface area contributed by atoms with Gasteiger partial charge in [-0.1, -0.05) is 0 Å². The van der Waals surface area contributed by atoms with Crippen molar-refractivity contribution < 1.29 is 14.2 Å². The number of nitrogens with one attached hydrogen (secondary N) is 2. The van der Waals surface area contributed by atoms with Crippen LogP contribution in [0.25, 0.3) is 0 Å². The summed E-state index contributed by atoms with van der Waals surface area (Å²) in [5.74, 6) is 0.804. The lowest BCUT2D eigenvalue weighted by atomic mass is 10.3. The number of hydrogen-bond acceptors (Lipinski definition) is 4. The largest absolute Gasteiger partial charge is 0.497 e. The lowest BCUT2D eigenvalue weighted by Crippen LogP contribution is -2.36. The second kappa shape index (κ2) is 7.86. The zero-order valence-corrected chi connectivity index (χ0v) is 11.5. The van der Waals surface area contributed by atoms with Gasteiger partial charge in [0.15, 0.2) is 11.4 Å². The molecule has 0 aliphatic heterocycles. The van der Waals surface area contributed by atoms with Gasteiger partial charge in [-0.05, 0) is 36.5 Å². The quantitative estimate of drug-likeness (QED) is 0.605. The molecule has 0 aliphatic rings. The fraction of sp³-hybridized carbons (Fsp3) is 0.417. The molecule has 0 saturated heterocycles. The van der Waals surface area contributed by atoms with Crippen LogP contribution < -0.4 is 15.4 Å². The van der Waals surface area contributed by atoms with E-state index in [1.54, 1.807) is 21.3 Å². The van der Waals surface area contributed by atoms with Crippen LogP contribution in [0.3, 0.4) is 0 Å². The van der Waals surface area contributed by atoms with E-state index in [2.05, 4.69) is 10.6 Å². The van der Waals surface area contributed by atoms with Gasteiger partial charge in [0, 0.05) is 19.9 Å². The second-order valence-corrected chi connectivity index (χ2v) is 3.87. The van der Waals surface area contributed by atoms with E-state index >= 15 is 0 Å². The molecule has 2 N–H and O–H groups in total. The van der Waals surface area contributed by atoms with Crippen molar-refractivity contribution in [1.29, 1.82) is 0 Å². The molecule has 0 fully saturated rings. The fourth-order valence-electron chi connectivity index (χ4n) is 1.29. The topological polar surface area (TPSA) is 51.8 Å². The van der Waals surface area contributed by atoms with Crippen LogP contribution in [0.15, 0.2) is 24.3 Å². The Labute approximate surface area is 112 Å². The maximum absolute atomic E-state index is 5.15. The number of rotatable bonds is 6. The van der Waals surface area contributed by atoms with E-state index in [9.17, 15) is 0 Å². The van der Waals surface area contributed by atoms with E-state index in [1.807, 2.05) is 24.3 Å². The molecule has 0 amide bonds. The van der Waals surface area contributed by atoms with Crippen LogP contribution in [-0.2, 0) is 9.47 Å². The van der Waals surface area contributed by atoms with Gasteiger partial charge in [-0.15, -0.1) is 0 Å². The summed E-state index contributed by atoms with van der Waals surface area (Å²) in [6, 6.07) is 7.49. The van der Waals surface area contributed by atoms with Gasteiger partial charge in [-0.3, -0.25) is 0 Å². The number of thiocarbonyl (C=S) groups is 1. The summed E-state index contributed by atoms with van der Waals surface area (Å²) in [6.07, 6.45) is -0.319. The van der Waals surface area contributed by atoms with Crippen molar-refractivity contribution in [2.45, 2.75) is 6.29 Å². The number of benzene rings is 1. The molecule has 100 valence electrons. The van der Waals surface area contributed by atoms with E-state index in [0.29, 0.717) is 11.7 Å². The Kier molecular flexibility index (Phi) is 6.42. The van der Waals surface area contributed by atoms with E-state index in [-0.39, 0.29) is 6.29 Å². The molecule has 0 atom stereocenters. The molecular weight excluding hydrogens is 252 g/mol. The lowest BCUT2D eigenvalue weighted by Gasteiger charge is -2.16. The number of hydrogen-bond donors (Lipinski definition) is 2. The van der Waals surface area contributed by atoms with Crippen LogP contribution in [0, 0.1) is 0 Å². The molecule has 0 saturated carbocycles. The van der Waals surface area contributed by atoms with E-state index in [4.69, 9.17) is 26.4 Å². The summed E-state index contributed by atoms with van der Waals surface area (Å²) in [4.78, 5) is 0. The van der Waals surface area contributed by atoms with Gasteiger partial charge in [0.05, 0.1) is 13.7 Å². The third-order valence-corrected chi connectivity index (χ3v) is 2.55. The Hall–Kier alpha value is -1.37. The summed E-state index contributed by atoms with van der Waals surface area (Å²) in [6.45, 7) is 0.481. The number of ether oxygens (including phenoxy) is 3. The fourth-order valence-corrected chi connectivity index (χ4v) is 1.49. The standard InChI is InChI=1S/C12H18N2O3S/c1-15-10-6-4-9(5-7-10)14-12(18)13-8-11(16-2)17-3/h4-7,11H,8H2,1-3H3,(H2,13,14,18). The SMILES string of the molecule is COc1ccc(NC(=S)NCC(OC)OC)cc1. The molecule has 0 aliphatic carbocycles. The molecule has 0 radical (unpaired) electrons. The molecule has 0 heterocycles. The Morgan fingerprint density at radius 2 is 1.78 bits per heavy atom. The summed E-state index contributed by atoms with van der Waals surface area (Å²) >= 11 is 5.15. The Morgan fingerprint density at radius 3 is 2.28 bits per heavy atom. The van der Waals surface area contributed by atoms with Gasteiger partial charge < -0.3 is 24.8 Å². The number of anilines is 1. The first-order chi connectivity index (χ1) is 8.69. The summed E-state index contributed by atoms with van der Waals surface area (Å²) in [5, 5.41) is 6.56. The highest BCUT2D eigenvalue weighted by Gasteiger charge is 2.05. The van der Waals surface area contributed by atoms with Crippen LogP contribution in [-0.4, -0.2) is 39.3 Å². The first kappa shape index (κ1) is 14.7. The molecule has 0 aromatic heterocycles. The molecule has 1 aromatic rings. The van der Waals surface area contributed by atoms with E-state index in [0.717, 1.165) is 11.4 Å². The van der Waals surface area contributed by atoms with Crippen molar-refractivity contribution in [3.05, 3.63) is 24.3 Å². The lowest BCUT2D eigenvalue weighted by molar-refractivity contribution is -0.0964. The van der Waals surface area contributed by atoms with Crippen LogP contribution in [0.2, 0.25) is 0 Å². The average molecular weight is 270 g/mol. The highest BCUT2D eigenvalue weighted by Crippen LogP contribution is 2.14. The summed E-state index contributed by atoms with van der Waals surface area (Å²) in [5.41, 5.74) is 0.889. The highest BCUT2D eigenvalue weighted by molar-refractivity contribution is 7.80. The van der Waals surface area contributed by atoms with Crippen LogP contribution >= 0.6 is 12.2 Å². The smallest absolute Gasteiger partial charge is 0.174 e. The minimum absolute atomic E-state index is 0.319. The summed E-state index contributed by atoms with van der Waals surface area (Å²) in [7, 11) is 4.79. The molecule has 0 spiro atoms. The van der Waals surface area contributed by atoms with Gasteiger partial charge in [0.25, 0.3) is 0 Å². The van der Waals surface area contributed by atoms with Crippen molar-refractivity contribution in [2.24, 2.45) is 0 Å². The predicted octanol–water partition coefficient (Wildman–Crippen LogP) is 1.60. The maximum atomic E-state index is 5.15. The van der Waals surface area contributed by atoms with Gasteiger partial charge in [-0.2, -0.15) is 0 Å². The Morgan fingerprint density at radius 1 is 1.17 bits per heavy atom. The van der Waals surface area contributed by atoms with Crippen molar-refractivity contribution in [3.8, 4) is 5.75 Å². The zero-order valence-electron chi connectivity index (χ0n) is 10.7. The van der Waals surface area contributed by atoms with Crippen molar-refractivity contribution in [3.63, 3.8) is 0 Å². The Bertz CT molecular complexity index is 366. The highest BCUT2D eigenvalue weighted by atomic mass is 32.1. The second-order valence-electron chi connectivity index (χ2n) is 3.46. The molecule has 18 heavy (non-hydrogen) atoms. The van der Waals surface area contributed by atoms with Gasteiger partial charge >= 0.3 is 0 Å². The van der Waals surface area contributed by atoms with Crippen molar-refractivity contribution in [1.82, 2.24) is 5.32 Å². The maximum Gasteiger partial charge on any atom is 0.174 e. The van der Waals surface area contributed by atoms with Crippen molar-refractivity contribution in [2.75, 3.05) is 33.2 Å². The molecule has 6 heteroatoms. The predicted molar refractivity (Wildman–Crippen MR) is 75.0 cm³/mol. The van der Waals surface area contributed by atoms with Crippen LogP contribution in [0.5, 0.6) is 5.75 Å². The van der Waals surface area contributed by atoms with Gasteiger partial charge in [0.1, 0.15) is 5.75 Å². The normalized spacial score (nSPS) is 10.2. The molecule has 1 aromatic carbocycles. The van der Waals surface area contributed by atoms with Crippen molar-refractivity contribution >= 4 is 23.0 Å². The third kappa shape index (κ3) is 4.87.